The van der Waals surface area contributed by atoms with Gasteiger partial charge < -0.3 is 9.51 Å². The van der Waals surface area contributed by atoms with Crippen molar-refractivity contribution in [2.75, 3.05) is 13.1 Å². The van der Waals surface area contributed by atoms with E-state index < -0.39 is 0 Å². The van der Waals surface area contributed by atoms with Gasteiger partial charge in [-0.15, -0.1) is 0 Å². The molecule has 0 bridgehead atoms. The molecular formula is C20H28N4O2. The Morgan fingerprint density at radius 3 is 2.85 bits per heavy atom. The maximum absolute atomic E-state index is 12.6. The molecule has 26 heavy (non-hydrogen) atoms. The molecule has 1 N–H and O–H groups in total. The van der Waals surface area contributed by atoms with Crippen LogP contribution in [-0.2, 0) is 23.8 Å². The first-order valence-corrected chi connectivity index (χ1v) is 9.56. The van der Waals surface area contributed by atoms with Gasteiger partial charge in [0.05, 0.1) is 17.9 Å². The van der Waals surface area contributed by atoms with Gasteiger partial charge in [-0.05, 0) is 39.2 Å². The average molecular weight is 356 g/mol. The number of nitrogens with one attached hydrogen (secondary N) is 1. The molecule has 2 aromatic rings. The first-order valence-electron chi connectivity index (χ1n) is 9.56. The molecule has 1 aliphatic carbocycles. The number of rotatable bonds is 2. The van der Waals surface area contributed by atoms with Gasteiger partial charge in [0.1, 0.15) is 5.82 Å². The van der Waals surface area contributed by atoms with Crippen molar-refractivity contribution in [1.82, 2.24) is 20.0 Å². The smallest absolute Gasteiger partial charge is 0.254 e. The van der Waals surface area contributed by atoms with Crippen molar-refractivity contribution in [3.8, 4) is 0 Å². The summed E-state index contributed by atoms with van der Waals surface area (Å²) in [7, 11) is 0. The number of fused-ring (bicyclic) bond motifs is 2. The SMILES string of the molecule is Cc1cc(CN2CCCC3(CCc4c3nc(C(C)(C)C)[nH]c4=O)C2)on1. The van der Waals surface area contributed by atoms with Crippen LogP contribution in [0.2, 0.25) is 0 Å². The minimum atomic E-state index is -0.163. The van der Waals surface area contributed by atoms with Crippen LogP contribution in [0.5, 0.6) is 0 Å². The van der Waals surface area contributed by atoms with Crippen LogP contribution in [0, 0.1) is 6.92 Å². The molecule has 6 heteroatoms. The monoisotopic (exact) mass is 356 g/mol. The standard InChI is InChI=1S/C20H28N4O2/c1-13-10-14(26-23-13)11-24-9-5-7-20(12-24)8-6-15-16(20)21-18(19(2,3)4)22-17(15)25/h10H,5-9,11-12H2,1-4H3,(H,21,22,25). The lowest BCUT2D eigenvalue weighted by Gasteiger charge is -2.40. The summed E-state index contributed by atoms with van der Waals surface area (Å²) in [6.45, 7) is 11.0. The third-order valence-electron chi connectivity index (χ3n) is 5.79. The van der Waals surface area contributed by atoms with Gasteiger partial charge >= 0.3 is 0 Å². The van der Waals surface area contributed by atoms with Crippen LogP contribution in [0.15, 0.2) is 15.4 Å². The highest BCUT2D eigenvalue weighted by Gasteiger charge is 2.45. The van der Waals surface area contributed by atoms with E-state index in [2.05, 4.69) is 35.8 Å². The van der Waals surface area contributed by atoms with Crippen molar-refractivity contribution in [2.24, 2.45) is 0 Å². The molecule has 1 atom stereocenters. The number of aromatic nitrogens is 3. The Labute approximate surface area is 154 Å². The van der Waals surface area contributed by atoms with Gasteiger partial charge in [0.2, 0.25) is 0 Å². The average Bonchev–Trinajstić information content (AvgIpc) is 3.12. The molecule has 0 amide bonds. The number of piperidine rings is 1. The Morgan fingerprint density at radius 1 is 1.35 bits per heavy atom. The molecule has 1 aliphatic heterocycles. The van der Waals surface area contributed by atoms with Crippen molar-refractivity contribution >= 4 is 0 Å². The third kappa shape index (κ3) is 3.00. The Balaban J connectivity index is 1.66. The summed E-state index contributed by atoms with van der Waals surface area (Å²) in [4.78, 5) is 23.1. The van der Waals surface area contributed by atoms with Gasteiger partial charge in [0, 0.05) is 29.0 Å². The largest absolute Gasteiger partial charge is 0.360 e. The summed E-state index contributed by atoms with van der Waals surface area (Å²) in [5, 5.41) is 4.00. The van der Waals surface area contributed by atoms with Crippen LogP contribution in [0.1, 0.15) is 68.6 Å². The van der Waals surface area contributed by atoms with E-state index in [1.165, 1.54) is 0 Å². The second-order valence-electron chi connectivity index (χ2n) is 9.02. The molecule has 1 fully saturated rings. The first-order chi connectivity index (χ1) is 12.3. The number of likely N-dealkylation sites (tertiary alicyclic amines) is 1. The molecule has 2 aromatic heterocycles. The Hall–Kier alpha value is -1.95. The number of hydrogen-bond donors (Lipinski definition) is 1. The molecule has 6 nitrogen and oxygen atoms in total. The molecule has 1 spiro atoms. The van der Waals surface area contributed by atoms with Gasteiger partial charge in [-0.3, -0.25) is 9.69 Å². The first kappa shape index (κ1) is 17.5. The quantitative estimate of drug-likeness (QED) is 0.895. The zero-order valence-electron chi connectivity index (χ0n) is 16.2. The fraction of sp³-hybridized carbons (Fsp3) is 0.650. The fourth-order valence-corrected chi connectivity index (χ4v) is 4.48. The maximum Gasteiger partial charge on any atom is 0.254 e. The van der Waals surface area contributed by atoms with Gasteiger partial charge in [0.15, 0.2) is 5.76 Å². The van der Waals surface area contributed by atoms with E-state index in [0.717, 1.165) is 73.9 Å². The van der Waals surface area contributed by atoms with Crippen LogP contribution in [0.25, 0.3) is 0 Å². The van der Waals surface area contributed by atoms with Gasteiger partial charge in [-0.2, -0.15) is 0 Å². The van der Waals surface area contributed by atoms with Crippen LogP contribution in [0.4, 0.5) is 0 Å². The van der Waals surface area contributed by atoms with E-state index in [-0.39, 0.29) is 16.4 Å². The van der Waals surface area contributed by atoms with Crippen LogP contribution in [0.3, 0.4) is 0 Å². The molecule has 1 saturated heterocycles. The van der Waals surface area contributed by atoms with Crippen molar-refractivity contribution in [3.63, 3.8) is 0 Å². The fourth-order valence-electron chi connectivity index (χ4n) is 4.48. The zero-order chi connectivity index (χ0) is 18.5. The molecule has 0 saturated carbocycles. The van der Waals surface area contributed by atoms with E-state index >= 15 is 0 Å². The Kier molecular flexibility index (Phi) is 4.06. The molecule has 2 aliphatic rings. The zero-order valence-corrected chi connectivity index (χ0v) is 16.2. The van der Waals surface area contributed by atoms with E-state index in [9.17, 15) is 4.79 Å². The lowest BCUT2D eigenvalue weighted by Crippen LogP contribution is -2.45. The molecule has 0 aromatic carbocycles. The minimum absolute atomic E-state index is 0.00307. The highest BCUT2D eigenvalue weighted by atomic mass is 16.5. The second kappa shape index (κ2) is 6.05. The summed E-state index contributed by atoms with van der Waals surface area (Å²) in [6.07, 6.45) is 4.06. The highest BCUT2D eigenvalue weighted by Crippen LogP contribution is 2.43. The predicted octanol–water partition coefficient (Wildman–Crippen LogP) is 2.84. The van der Waals surface area contributed by atoms with Crippen molar-refractivity contribution in [1.29, 1.82) is 0 Å². The molecule has 0 radical (unpaired) electrons. The molecule has 140 valence electrons. The van der Waals surface area contributed by atoms with Gasteiger partial charge in [0.25, 0.3) is 5.56 Å². The number of aryl methyl sites for hydroxylation is 1. The lowest BCUT2D eigenvalue weighted by atomic mass is 9.77. The highest BCUT2D eigenvalue weighted by molar-refractivity contribution is 5.34. The van der Waals surface area contributed by atoms with Crippen molar-refractivity contribution in [3.05, 3.63) is 45.0 Å². The number of aromatic amines is 1. The van der Waals surface area contributed by atoms with Crippen LogP contribution >= 0.6 is 0 Å². The summed E-state index contributed by atoms with van der Waals surface area (Å²) in [5.41, 5.74) is 2.75. The topological polar surface area (TPSA) is 75.0 Å². The Morgan fingerprint density at radius 2 is 2.15 bits per heavy atom. The normalized spacial score (nSPS) is 23.5. The van der Waals surface area contributed by atoms with Crippen molar-refractivity contribution in [2.45, 2.75) is 70.8 Å². The third-order valence-corrected chi connectivity index (χ3v) is 5.79. The van der Waals surface area contributed by atoms with Gasteiger partial charge in [-0.1, -0.05) is 25.9 Å². The maximum atomic E-state index is 12.6. The number of hydrogen-bond acceptors (Lipinski definition) is 5. The predicted molar refractivity (Wildman–Crippen MR) is 99.3 cm³/mol. The minimum Gasteiger partial charge on any atom is -0.360 e. The molecule has 3 heterocycles. The number of H-pyrrole nitrogens is 1. The van der Waals surface area contributed by atoms with E-state index in [0.29, 0.717) is 0 Å². The van der Waals surface area contributed by atoms with E-state index in [1.54, 1.807) is 0 Å². The number of nitrogens with zero attached hydrogens (tertiary/aromatic N) is 3. The molecular weight excluding hydrogens is 328 g/mol. The molecule has 1 unspecified atom stereocenters. The lowest BCUT2D eigenvalue weighted by molar-refractivity contribution is 0.125. The van der Waals surface area contributed by atoms with E-state index in [1.807, 2.05) is 13.0 Å². The summed E-state index contributed by atoms with van der Waals surface area (Å²) in [6, 6.07) is 2.00. The second-order valence-corrected chi connectivity index (χ2v) is 9.02. The van der Waals surface area contributed by atoms with Crippen LogP contribution < -0.4 is 5.56 Å². The summed E-state index contributed by atoms with van der Waals surface area (Å²) >= 11 is 0. The summed E-state index contributed by atoms with van der Waals surface area (Å²) in [5.74, 6) is 1.71. The van der Waals surface area contributed by atoms with Crippen molar-refractivity contribution < 1.29 is 4.52 Å². The Bertz CT molecular complexity index is 877. The molecule has 4 rings (SSSR count). The van der Waals surface area contributed by atoms with E-state index in [4.69, 9.17) is 9.51 Å². The van der Waals surface area contributed by atoms with Gasteiger partial charge in [-0.25, -0.2) is 4.98 Å². The van der Waals surface area contributed by atoms with Crippen LogP contribution in [-0.4, -0.2) is 33.1 Å². The summed E-state index contributed by atoms with van der Waals surface area (Å²) < 4.78 is 5.41.